The van der Waals surface area contributed by atoms with E-state index in [0.717, 1.165) is 11.8 Å². The molecule has 10 heteroatoms. The Labute approximate surface area is 159 Å². The molecule has 0 atom stereocenters. The van der Waals surface area contributed by atoms with Crippen LogP contribution < -0.4 is 16.9 Å². The van der Waals surface area contributed by atoms with Gasteiger partial charge in [0.2, 0.25) is 0 Å². The second-order valence-electron chi connectivity index (χ2n) is 5.53. The Balaban J connectivity index is 1.99. The van der Waals surface area contributed by atoms with E-state index in [1.54, 1.807) is 16.1 Å². The summed E-state index contributed by atoms with van der Waals surface area (Å²) in [5.74, 6) is -0.657. The number of hydrogen-bond acceptors (Lipinski definition) is 7. The zero-order valence-electron chi connectivity index (χ0n) is 13.1. The van der Waals surface area contributed by atoms with Gasteiger partial charge in [-0.1, -0.05) is 11.6 Å². The number of nitrogens with two attached hydrogens (primary N) is 2. The first-order valence-corrected chi connectivity index (χ1v) is 9.49. The van der Waals surface area contributed by atoms with Crippen molar-refractivity contribution in [2.45, 2.75) is 6.54 Å². The minimum Gasteiger partial charge on any atom is -0.375 e. The van der Waals surface area contributed by atoms with Crippen LogP contribution in [-0.2, 0) is 6.54 Å². The summed E-state index contributed by atoms with van der Waals surface area (Å²) < 4.78 is 15.8. The van der Waals surface area contributed by atoms with Crippen LogP contribution in [0.25, 0.3) is 22.2 Å². The second-order valence-corrected chi connectivity index (χ2v) is 7.72. The van der Waals surface area contributed by atoms with Gasteiger partial charge in [0, 0.05) is 22.3 Å². The van der Waals surface area contributed by atoms with E-state index in [2.05, 4.69) is 9.97 Å². The number of fused-ring (bicyclic) bond motifs is 1. The Hall–Kier alpha value is -2.49. The molecule has 6 nitrogen and oxygen atoms in total. The number of halogens is 2. The molecule has 0 amide bonds. The van der Waals surface area contributed by atoms with Crippen LogP contribution in [0, 0.1) is 5.82 Å². The molecule has 0 bridgehead atoms. The summed E-state index contributed by atoms with van der Waals surface area (Å²) in [5.41, 5.74) is 13.0. The fourth-order valence-corrected chi connectivity index (χ4v) is 3.95. The van der Waals surface area contributed by atoms with E-state index in [4.69, 9.17) is 23.1 Å². The number of thiazole rings is 2. The zero-order valence-corrected chi connectivity index (χ0v) is 15.5. The highest BCUT2D eigenvalue weighted by molar-refractivity contribution is 7.14. The predicted octanol–water partition coefficient (Wildman–Crippen LogP) is 3.59. The third-order valence-corrected chi connectivity index (χ3v) is 5.51. The monoisotopic (exact) mass is 407 g/mol. The van der Waals surface area contributed by atoms with Gasteiger partial charge in [0.25, 0.3) is 0 Å². The summed E-state index contributed by atoms with van der Waals surface area (Å²) in [5, 5.41) is 4.45. The van der Waals surface area contributed by atoms with Crippen LogP contribution in [0.15, 0.2) is 33.9 Å². The third kappa shape index (κ3) is 2.94. The Morgan fingerprint density at radius 1 is 1.15 bits per heavy atom. The van der Waals surface area contributed by atoms with Crippen molar-refractivity contribution in [2.75, 3.05) is 11.5 Å². The summed E-state index contributed by atoms with van der Waals surface area (Å²) in [6.45, 7) is 0.346. The van der Waals surface area contributed by atoms with Gasteiger partial charge in [0.05, 0.1) is 34.0 Å². The number of nitrogens with zero attached hydrogens (tertiary/aromatic N) is 3. The van der Waals surface area contributed by atoms with E-state index >= 15 is 0 Å². The standard InChI is InChI=1S/C16H11ClFN5OS2/c17-10-2-13-8(1-11(10)18)14(24)9(12-6-26-16(20)22-12)4-23(13)3-7-5-25-15(19)21-7/h1-2,4-6H,3H2,(H2,19,21)(H2,20,22). The average Bonchev–Trinajstić information content (AvgIpc) is 3.20. The molecule has 4 aromatic rings. The molecule has 0 saturated carbocycles. The van der Waals surface area contributed by atoms with Crippen molar-refractivity contribution in [3.05, 3.63) is 55.8 Å². The van der Waals surface area contributed by atoms with E-state index in [1.807, 2.05) is 5.38 Å². The highest BCUT2D eigenvalue weighted by Gasteiger charge is 2.16. The molecule has 1 aromatic carbocycles. The van der Waals surface area contributed by atoms with Crippen LogP contribution >= 0.6 is 34.3 Å². The van der Waals surface area contributed by atoms with E-state index in [1.165, 1.54) is 28.7 Å². The first-order valence-electron chi connectivity index (χ1n) is 7.36. The molecule has 0 spiro atoms. The summed E-state index contributed by atoms with van der Waals surface area (Å²) in [7, 11) is 0. The van der Waals surface area contributed by atoms with Crippen LogP contribution in [0.4, 0.5) is 14.7 Å². The highest BCUT2D eigenvalue weighted by atomic mass is 35.5. The third-order valence-electron chi connectivity index (χ3n) is 3.82. The first kappa shape index (κ1) is 17.0. The van der Waals surface area contributed by atoms with Crippen LogP contribution in [0.1, 0.15) is 5.69 Å². The van der Waals surface area contributed by atoms with E-state index in [-0.39, 0.29) is 15.8 Å². The van der Waals surface area contributed by atoms with Crippen molar-refractivity contribution in [3.8, 4) is 11.3 Å². The van der Waals surface area contributed by atoms with Crippen LogP contribution in [0.3, 0.4) is 0 Å². The lowest BCUT2D eigenvalue weighted by atomic mass is 10.1. The SMILES string of the molecule is Nc1nc(Cn2cc(-c3csc(N)n3)c(=O)c3cc(F)c(Cl)cc32)cs1. The quantitative estimate of drug-likeness (QED) is 0.540. The molecule has 26 heavy (non-hydrogen) atoms. The molecular weight excluding hydrogens is 397 g/mol. The Morgan fingerprint density at radius 2 is 1.88 bits per heavy atom. The number of nitrogen functional groups attached to an aromatic ring is 2. The molecule has 0 radical (unpaired) electrons. The van der Waals surface area contributed by atoms with Crippen molar-refractivity contribution in [3.63, 3.8) is 0 Å². The van der Waals surface area contributed by atoms with Gasteiger partial charge in [-0.3, -0.25) is 4.79 Å². The van der Waals surface area contributed by atoms with Crippen LogP contribution in [0.5, 0.6) is 0 Å². The fraction of sp³-hybridized carbons (Fsp3) is 0.0625. The minimum atomic E-state index is -0.657. The summed E-state index contributed by atoms with van der Waals surface area (Å²) in [6, 6.07) is 2.58. The van der Waals surface area contributed by atoms with Gasteiger partial charge >= 0.3 is 0 Å². The van der Waals surface area contributed by atoms with Crippen molar-refractivity contribution in [1.82, 2.24) is 14.5 Å². The minimum absolute atomic E-state index is 0.0610. The molecular formula is C16H11ClFN5OS2. The number of aromatic nitrogens is 3. The smallest absolute Gasteiger partial charge is 0.198 e. The lowest BCUT2D eigenvalue weighted by molar-refractivity contribution is 0.629. The predicted molar refractivity (Wildman–Crippen MR) is 104 cm³/mol. The van der Waals surface area contributed by atoms with Gasteiger partial charge in [0.1, 0.15) is 5.82 Å². The van der Waals surface area contributed by atoms with Crippen molar-refractivity contribution < 1.29 is 4.39 Å². The van der Waals surface area contributed by atoms with Crippen LogP contribution in [-0.4, -0.2) is 14.5 Å². The Morgan fingerprint density at radius 3 is 2.54 bits per heavy atom. The first-order chi connectivity index (χ1) is 12.4. The molecule has 0 aliphatic heterocycles. The highest BCUT2D eigenvalue weighted by Crippen LogP contribution is 2.27. The lowest BCUT2D eigenvalue weighted by Gasteiger charge is -2.12. The molecule has 0 fully saturated rings. The van der Waals surface area contributed by atoms with Crippen molar-refractivity contribution in [1.29, 1.82) is 0 Å². The number of anilines is 2. The second kappa shape index (κ2) is 6.35. The van der Waals surface area contributed by atoms with Crippen molar-refractivity contribution >= 4 is 55.4 Å². The summed E-state index contributed by atoms with van der Waals surface area (Å²) in [4.78, 5) is 21.3. The molecule has 3 heterocycles. The molecule has 0 aliphatic rings. The molecule has 132 valence electrons. The summed E-state index contributed by atoms with van der Waals surface area (Å²) >= 11 is 8.48. The molecule has 0 aliphatic carbocycles. The molecule has 4 rings (SSSR count). The van der Waals surface area contributed by atoms with E-state index in [9.17, 15) is 9.18 Å². The van der Waals surface area contributed by atoms with Gasteiger partial charge < -0.3 is 16.0 Å². The topological polar surface area (TPSA) is 99.8 Å². The largest absolute Gasteiger partial charge is 0.375 e. The maximum atomic E-state index is 14.0. The van der Waals surface area contributed by atoms with Gasteiger partial charge in [-0.2, -0.15) is 0 Å². The van der Waals surface area contributed by atoms with E-state index in [0.29, 0.717) is 33.6 Å². The molecule has 4 N–H and O–H groups in total. The number of benzene rings is 1. The maximum absolute atomic E-state index is 14.0. The normalized spacial score (nSPS) is 11.3. The number of hydrogen-bond donors (Lipinski definition) is 2. The molecule has 3 aromatic heterocycles. The van der Waals surface area contributed by atoms with Gasteiger partial charge in [-0.25, -0.2) is 14.4 Å². The average molecular weight is 408 g/mol. The number of pyridine rings is 1. The lowest BCUT2D eigenvalue weighted by Crippen LogP contribution is -2.13. The Kier molecular flexibility index (Phi) is 4.14. The fourth-order valence-electron chi connectivity index (χ4n) is 2.68. The van der Waals surface area contributed by atoms with Gasteiger partial charge in [-0.05, 0) is 12.1 Å². The molecule has 0 unspecified atom stereocenters. The van der Waals surface area contributed by atoms with Gasteiger partial charge in [-0.15, -0.1) is 22.7 Å². The summed E-state index contributed by atoms with van der Waals surface area (Å²) in [6.07, 6.45) is 1.66. The van der Waals surface area contributed by atoms with E-state index < -0.39 is 5.82 Å². The Bertz CT molecular complexity index is 1200. The van der Waals surface area contributed by atoms with Crippen molar-refractivity contribution in [2.24, 2.45) is 0 Å². The number of rotatable bonds is 3. The molecule has 0 saturated heterocycles. The maximum Gasteiger partial charge on any atom is 0.198 e. The van der Waals surface area contributed by atoms with Gasteiger partial charge in [0.15, 0.2) is 15.7 Å². The zero-order chi connectivity index (χ0) is 18.4. The van der Waals surface area contributed by atoms with Crippen LogP contribution in [0.2, 0.25) is 5.02 Å².